The lowest BCUT2D eigenvalue weighted by molar-refractivity contribution is -0.140. The summed E-state index contributed by atoms with van der Waals surface area (Å²) in [6.45, 7) is 5.43. The van der Waals surface area contributed by atoms with Gasteiger partial charge >= 0.3 is 5.97 Å². The summed E-state index contributed by atoms with van der Waals surface area (Å²) in [7, 11) is 0. The number of carbonyl (C=O) groups excluding carboxylic acids is 2. The average molecular weight is 459 g/mol. The highest BCUT2D eigenvalue weighted by molar-refractivity contribution is 6.02. The van der Waals surface area contributed by atoms with Crippen molar-refractivity contribution in [3.8, 4) is 11.4 Å². The van der Waals surface area contributed by atoms with Gasteiger partial charge in [0.15, 0.2) is 0 Å². The van der Waals surface area contributed by atoms with E-state index >= 15 is 0 Å². The number of fused-ring (bicyclic) bond motifs is 5. The molecule has 5 heterocycles. The molecular weight excluding hydrogens is 432 g/mol. The molecule has 1 atom stereocenters. The molecule has 0 aliphatic carbocycles. The third-order valence-corrected chi connectivity index (χ3v) is 7.36. The van der Waals surface area contributed by atoms with Crippen molar-refractivity contribution >= 4 is 22.8 Å². The van der Waals surface area contributed by atoms with E-state index in [0.717, 1.165) is 36.1 Å². The summed E-state index contributed by atoms with van der Waals surface area (Å²) in [5.74, 6) is -1.11. The molecule has 3 aliphatic rings. The maximum Gasteiger partial charge on any atom is 0.345 e. The number of hydrogen-bond donors (Lipinski definition) is 1. The van der Waals surface area contributed by atoms with E-state index in [1.165, 1.54) is 12.8 Å². The largest absolute Gasteiger partial charge is 0.440 e. The third kappa shape index (κ3) is 3.01. The first-order chi connectivity index (χ1) is 16.5. The van der Waals surface area contributed by atoms with E-state index in [1.54, 1.807) is 17.6 Å². The lowest BCUT2D eigenvalue weighted by atomic mass is 9.88. The number of nitrogens with zero attached hydrogens (tertiary/aromatic N) is 3. The van der Waals surface area contributed by atoms with Crippen LogP contribution in [0.2, 0.25) is 0 Å². The van der Waals surface area contributed by atoms with Gasteiger partial charge in [-0.05, 0) is 50.6 Å². The number of para-hydroxylation sites is 1. The number of amides is 1. The zero-order valence-corrected chi connectivity index (χ0v) is 19.1. The summed E-state index contributed by atoms with van der Waals surface area (Å²) in [5, 5.41) is 3.95. The Labute approximate surface area is 196 Å². The number of ether oxygens (including phenoxy) is 1. The van der Waals surface area contributed by atoms with Crippen LogP contribution in [0.5, 0.6) is 0 Å². The van der Waals surface area contributed by atoms with E-state index in [0.29, 0.717) is 30.0 Å². The summed E-state index contributed by atoms with van der Waals surface area (Å²) in [5.41, 5.74) is 1.44. The first-order valence-corrected chi connectivity index (χ1v) is 11.9. The Morgan fingerprint density at radius 1 is 1.18 bits per heavy atom. The van der Waals surface area contributed by atoms with E-state index in [1.807, 2.05) is 30.3 Å². The molecule has 0 radical (unpaired) electrons. The van der Waals surface area contributed by atoms with Gasteiger partial charge < -0.3 is 19.5 Å². The number of carbonyl (C=O) groups is 2. The van der Waals surface area contributed by atoms with Gasteiger partial charge in [0.05, 0.1) is 23.4 Å². The summed E-state index contributed by atoms with van der Waals surface area (Å²) >= 11 is 0. The first-order valence-electron chi connectivity index (χ1n) is 11.9. The topological polar surface area (TPSA) is 93.5 Å². The molecule has 34 heavy (non-hydrogen) atoms. The van der Waals surface area contributed by atoms with Crippen molar-refractivity contribution in [1.29, 1.82) is 0 Å². The molecule has 3 aromatic rings. The van der Waals surface area contributed by atoms with Crippen LogP contribution in [0.4, 0.5) is 0 Å². The smallest absolute Gasteiger partial charge is 0.345 e. The second-order valence-electron chi connectivity index (χ2n) is 9.27. The number of cyclic esters (lactones) is 1. The Morgan fingerprint density at radius 3 is 2.76 bits per heavy atom. The molecule has 174 valence electrons. The summed E-state index contributed by atoms with van der Waals surface area (Å²) in [6.07, 6.45) is 2.59. The van der Waals surface area contributed by atoms with Crippen LogP contribution in [0.1, 0.15) is 47.7 Å². The number of nitrogens with one attached hydrogen (secondary N) is 1. The number of pyridine rings is 2. The number of likely N-dealkylation sites (tertiary alicyclic amines) is 1. The summed E-state index contributed by atoms with van der Waals surface area (Å²) in [4.78, 5) is 46.8. The minimum atomic E-state index is -1.51. The molecule has 2 aromatic heterocycles. The summed E-state index contributed by atoms with van der Waals surface area (Å²) < 4.78 is 7.24. The highest BCUT2D eigenvalue weighted by Gasteiger charge is 2.52. The molecule has 1 aromatic carbocycles. The van der Waals surface area contributed by atoms with Gasteiger partial charge in [-0.15, -0.1) is 0 Å². The highest BCUT2D eigenvalue weighted by atomic mass is 16.6. The molecule has 3 aliphatic heterocycles. The molecule has 1 fully saturated rings. The number of hydrogen-bond acceptors (Lipinski definition) is 6. The maximum absolute atomic E-state index is 13.4. The molecule has 1 N–H and O–H groups in total. The van der Waals surface area contributed by atoms with Crippen molar-refractivity contribution in [1.82, 2.24) is 19.8 Å². The predicted molar refractivity (Wildman–Crippen MR) is 127 cm³/mol. The molecule has 8 heteroatoms. The van der Waals surface area contributed by atoms with Crippen LogP contribution >= 0.6 is 0 Å². The maximum atomic E-state index is 13.4. The molecule has 8 nitrogen and oxygen atoms in total. The summed E-state index contributed by atoms with van der Waals surface area (Å²) in [6, 6.07) is 11.6. The van der Waals surface area contributed by atoms with E-state index in [4.69, 9.17) is 9.72 Å². The SMILES string of the molecule is CC[C@@]1(C(=O)NCCN2CCCC2)OC(=O)c2c1cc1n(c2=O)Cc2cc3ccccc3nc2-1. The molecule has 0 unspecified atom stereocenters. The quantitative estimate of drug-likeness (QED) is 0.462. The number of aromatic nitrogens is 2. The Bertz CT molecular complexity index is 1410. The molecule has 0 saturated carbocycles. The fourth-order valence-electron chi connectivity index (χ4n) is 5.52. The van der Waals surface area contributed by atoms with E-state index < -0.39 is 17.1 Å². The second kappa shape index (κ2) is 7.77. The zero-order valence-electron chi connectivity index (χ0n) is 19.1. The van der Waals surface area contributed by atoms with Gasteiger partial charge in [0.2, 0.25) is 5.60 Å². The Morgan fingerprint density at radius 2 is 1.97 bits per heavy atom. The van der Waals surface area contributed by atoms with E-state index in [2.05, 4.69) is 10.2 Å². The van der Waals surface area contributed by atoms with E-state index in [9.17, 15) is 14.4 Å². The van der Waals surface area contributed by atoms with Crippen LogP contribution in [-0.2, 0) is 21.7 Å². The van der Waals surface area contributed by atoms with E-state index in [-0.39, 0.29) is 17.9 Å². The first kappa shape index (κ1) is 21.0. The van der Waals surface area contributed by atoms with Crippen LogP contribution in [0.15, 0.2) is 41.2 Å². The lowest BCUT2D eigenvalue weighted by Gasteiger charge is -2.27. The monoisotopic (exact) mass is 458 g/mol. The number of rotatable bonds is 5. The van der Waals surface area contributed by atoms with Gasteiger partial charge in [-0.1, -0.05) is 25.1 Å². The van der Waals surface area contributed by atoms with Crippen LogP contribution in [-0.4, -0.2) is 52.5 Å². The molecule has 0 bridgehead atoms. The van der Waals surface area contributed by atoms with Crippen molar-refractivity contribution in [2.24, 2.45) is 0 Å². The minimum absolute atomic E-state index is 0.0438. The number of benzene rings is 1. The molecular formula is C26H26N4O4. The average Bonchev–Trinajstić information content (AvgIpc) is 3.55. The van der Waals surface area contributed by atoms with Crippen molar-refractivity contribution in [2.75, 3.05) is 26.2 Å². The minimum Gasteiger partial charge on any atom is -0.440 e. The van der Waals surface area contributed by atoms with Crippen molar-refractivity contribution in [3.05, 3.63) is 63.4 Å². The van der Waals surface area contributed by atoms with Gasteiger partial charge in [-0.25, -0.2) is 9.78 Å². The van der Waals surface area contributed by atoms with Gasteiger partial charge in [-0.3, -0.25) is 9.59 Å². The second-order valence-corrected chi connectivity index (χ2v) is 9.27. The number of esters is 1. The lowest BCUT2D eigenvalue weighted by Crippen LogP contribution is -2.46. The van der Waals surface area contributed by atoms with Crippen molar-refractivity contribution < 1.29 is 14.3 Å². The fourth-order valence-corrected chi connectivity index (χ4v) is 5.52. The van der Waals surface area contributed by atoms with Gasteiger partial charge in [0.1, 0.15) is 5.56 Å². The Balaban J connectivity index is 1.40. The highest BCUT2D eigenvalue weighted by Crippen LogP contribution is 2.42. The Kier molecular flexibility index (Phi) is 4.81. The van der Waals surface area contributed by atoms with Crippen molar-refractivity contribution in [2.45, 2.75) is 38.3 Å². The van der Waals surface area contributed by atoms with Crippen LogP contribution in [0.3, 0.4) is 0 Å². The fraction of sp³-hybridized carbons (Fsp3) is 0.385. The third-order valence-electron chi connectivity index (χ3n) is 7.36. The van der Waals surface area contributed by atoms with Gasteiger partial charge in [0, 0.05) is 29.6 Å². The van der Waals surface area contributed by atoms with Crippen LogP contribution in [0.25, 0.3) is 22.3 Å². The van der Waals surface area contributed by atoms with Gasteiger partial charge in [0.25, 0.3) is 11.5 Å². The molecule has 0 spiro atoms. The normalized spacial score (nSPS) is 20.8. The molecule has 1 amide bonds. The van der Waals surface area contributed by atoms with Crippen LogP contribution in [0, 0.1) is 0 Å². The molecule has 1 saturated heterocycles. The van der Waals surface area contributed by atoms with Crippen molar-refractivity contribution in [3.63, 3.8) is 0 Å². The zero-order chi connectivity index (χ0) is 23.4. The Hall–Kier alpha value is -3.52. The van der Waals surface area contributed by atoms with Crippen LogP contribution < -0.4 is 10.9 Å². The van der Waals surface area contributed by atoms with Gasteiger partial charge in [-0.2, -0.15) is 0 Å². The standard InChI is InChI=1S/C26H26N4O4/c1-2-26(25(33)27-9-12-29-10-5-6-11-29)18-14-20-22-17(13-16-7-3-4-8-19(16)28-22)15-30(20)23(31)21(18)24(32)34-26/h3-4,7-8,13-14H,2,5-6,9-12,15H2,1H3,(H,27,33)/t26-/m1/s1. The predicted octanol–water partition coefficient (Wildman–Crippen LogP) is 2.41. The molecule has 6 rings (SSSR count).